The molecule has 1 aliphatic rings. The first kappa shape index (κ1) is 21.2. The second kappa shape index (κ2) is 7.61. The average molecular weight is 465 g/mol. The van der Waals surface area contributed by atoms with E-state index in [1.807, 2.05) is 72.3 Å². The van der Waals surface area contributed by atoms with Crippen LogP contribution in [-0.4, -0.2) is 32.0 Å². The predicted molar refractivity (Wildman–Crippen MR) is 136 cm³/mol. The van der Waals surface area contributed by atoms with Gasteiger partial charge in [-0.15, -0.1) is 0 Å². The molecule has 5 aromatic rings. The minimum absolute atomic E-state index is 0.0134. The molecule has 1 aliphatic heterocycles. The van der Waals surface area contributed by atoms with E-state index in [2.05, 4.69) is 9.97 Å². The second-order valence-electron chi connectivity index (χ2n) is 9.13. The van der Waals surface area contributed by atoms with E-state index in [-0.39, 0.29) is 11.5 Å². The van der Waals surface area contributed by atoms with E-state index >= 15 is 0 Å². The number of nitrogens with two attached hydrogens (primary N) is 1. The molecule has 3 aromatic heterocycles. The summed E-state index contributed by atoms with van der Waals surface area (Å²) < 4.78 is 1.94. The van der Waals surface area contributed by atoms with Gasteiger partial charge in [-0.25, -0.2) is 4.98 Å². The van der Waals surface area contributed by atoms with Crippen LogP contribution in [0.1, 0.15) is 25.1 Å². The van der Waals surface area contributed by atoms with Crippen molar-refractivity contribution in [3.63, 3.8) is 0 Å². The predicted octanol–water partition coefficient (Wildman–Crippen LogP) is 3.53. The number of fused-ring (bicyclic) bond motifs is 3. The van der Waals surface area contributed by atoms with Gasteiger partial charge in [0, 0.05) is 42.5 Å². The van der Waals surface area contributed by atoms with Crippen molar-refractivity contribution in [2.24, 2.45) is 5.73 Å². The summed E-state index contributed by atoms with van der Waals surface area (Å²) in [5.74, 6) is -0.0134. The number of pyridine rings is 1. The van der Waals surface area contributed by atoms with Gasteiger partial charge < -0.3 is 20.2 Å². The average Bonchev–Trinajstić information content (AvgIpc) is 3.45. The normalized spacial score (nSPS) is 14.9. The highest BCUT2D eigenvalue weighted by Crippen LogP contribution is 2.35. The molecule has 0 saturated carbocycles. The van der Waals surface area contributed by atoms with Gasteiger partial charge in [0.1, 0.15) is 11.4 Å². The Hall–Kier alpha value is -4.30. The number of para-hydroxylation sites is 1. The summed E-state index contributed by atoms with van der Waals surface area (Å²) in [5, 5.41) is 0.876. The van der Waals surface area contributed by atoms with Crippen molar-refractivity contribution in [3.8, 4) is 11.3 Å². The smallest absolute Gasteiger partial charge is 0.275 e. The maximum Gasteiger partial charge on any atom is 0.275 e. The van der Waals surface area contributed by atoms with Gasteiger partial charge >= 0.3 is 0 Å². The number of hydrogen-bond donors (Lipinski definition) is 2. The van der Waals surface area contributed by atoms with Crippen molar-refractivity contribution in [1.29, 1.82) is 0 Å². The summed E-state index contributed by atoms with van der Waals surface area (Å²) in [4.78, 5) is 39.2. The van der Waals surface area contributed by atoms with Gasteiger partial charge in [-0.2, -0.15) is 0 Å². The molecule has 0 radical (unpaired) electrons. The van der Waals surface area contributed by atoms with Gasteiger partial charge in [-0.3, -0.25) is 14.6 Å². The molecular weight excluding hydrogens is 440 g/mol. The Kier molecular flexibility index (Phi) is 4.62. The van der Waals surface area contributed by atoms with Crippen molar-refractivity contribution in [2.45, 2.75) is 25.9 Å². The van der Waals surface area contributed by atoms with Crippen molar-refractivity contribution in [2.75, 3.05) is 11.4 Å². The maximum atomic E-state index is 13.3. The summed E-state index contributed by atoms with van der Waals surface area (Å²) in [6.07, 6.45) is 4.36. The molecule has 8 heteroatoms. The number of nitrogens with zero attached hydrogens (tertiary/aromatic N) is 4. The Bertz CT molecular complexity index is 1680. The zero-order valence-corrected chi connectivity index (χ0v) is 19.4. The lowest BCUT2D eigenvalue weighted by molar-refractivity contribution is -0.116. The molecule has 1 unspecified atom stereocenters. The summed E-state index contributed by atoms with van der Waals surface area (Å²) in [5.41, 5.74) is 11.3. The minimum Gasteiger partial charge on any atom is -0.323 e. The number of rotatable bonds is 3. The molecule has 0 saturated heterocycles. The number of anilines is 1. The van der Waals surface area contributed by atoms with Crippen LogP contribution in [0.5, 0.6) is 0 Å². The third kappa shape index (κ3) is 3.25. The Labute approximate surface area is 201 Å². The van der Waals surface area contributed by atoms with E-state index in [1.165, 1.54) is 0 Å². The number of amides is 1. The molecule has 8 nitrogen and oxygen atoms in total. The molecule has 1 atom stereocenters. The Balaban J connectivity index is 1.55. The highest BCUT2D eigenvalue weighted by atomic mass is 16.2. The molecule has 2 aromatic carbocycles. The summed E-state index contributed by atoms with van der Waals surface area (Å²) >= 11 is 0. The van der Waals surface area contributed by atoms with E-state index in [1.54, 1.807) is 18.0 Å². The molecule has 0 spiro atoms. The lowest BCUT2D eigenvalue weighted by atomic mass is 10.1. The van der Waals surface area contributed by atoms with Crippen LogP contribution < -0.4 is 16.2 Å². The van der Waals surface area contributed by atoms with E-state index in [4.69, 9.17) is 10.7 Å². The van der Waals surface area contributed by atoms with Gasteiger partial charge in [0.25, 0.3) is 5.56 Å². The fourth-order valence-electron chi connectivity index (χ4n) is 5.02. The largest absolute Gasteiger partial charge is 0.323 e. The van der Waals surface area contributed by atoms with Gasteiger partial charge in [0.2, 0.25) is 5.91 Å². The monoisotopic (exact) mass is 464 g/mol. The van der Waals surface area contributed by atoms with Crippen LogP contribution in [-0.2, 0) is 16.9 Å². The third-order valence-corrected chi connectivity index (χ3v) is 6.82. The van der Waals surface area contributed by atoms with Crippen LogP contribution >= 0.6 is 0 Å². The molecule has 3 N–H and O–H groups in total. The lowest BCUT2D eigenvalue weighted by Crippen LogP contribution is -2.41. The Morgan fingerprint density at radius 3 is 2.71 bits per heavy atom. The molecule has 35 heavy (non-hydrogen) atoms. The number of benzene rings is 2. The quantitative estimate of drug-likeness (QED) is 0.425. The molecular formula is C27H24N6O2. The van der Waals surface area contributed by atoms with E-state index in [9.17, 15) is 9.59 Å². The van der Waals surface area contributed by atoms with Crippen molar-refractivity contribution in [3.05, 3.63) is 88.6 Å². The topological polar surface area (TPSA) is 110 Å². The Morgan fingerprint density at radius 2 is 1.94 bits per heavy atom. The molecule has 6 rings (SSSR count). The van der Waals surface area contributed by atoms with Crippen molar-refractivity contribution in [1.82, 2.24) is 19.5 Å². The van der Waals surface area contributed by atoms with E-state index in [0.717, 1.165) is 28.6 Å². The maximum absolute atomic E-state index is 13.3. The van der Waals surface area contributed by atoms with Crippen LogP contribution in [0.15, 0.2) is 71.8 Å². The lowest BCUT2D eigenvalue weighted by Gasteiger charge is -2.27. The first-order chi connectivity index (χ1) is 16.8. The number of carbonyl (C=O) groups excluding carboxylic acids is 1. The van der Waals surface area contributed by atoms with Gasteiger partial charge in [-0.1, -0.05) is 24.3 Å². The number of carbonyl (C=O) groups is 1. The molecule has 0 bridgehead atoms. The van der Waals surface area contributed by atoms with Crippen LogP contribution in [0, 0.1) is 0 Å². The summed E-state index contributed by atoms with van der Waals surface area (Å²) in [6.45, 7) is 4.08. The zero-order valence-electron chi connectivity index (χ0n) is 19.4. The second-order valence-corrected chi connectivity index (χ2v) is 9.13. The summed E-state index contributed by atoms with van der Waals surface area (Å²) in [6, 6.07) is 17.3. The summed E-state index contributed by atoms with van der Waals surface area (Å²) in [7, 11) is 0. The van der Waals surface area contributed by atoms with Crippen LogP contribution in [0.3, 0.4) is 0 Å². The fraction of sp³-hybridized carbons (Fsp3) is 0.185. The highest BCUT2D eigenvalue weighted by Gasteiger charge is 2.29. The van der Waals surface area contributed by atoms with Gasteiger partial charge in [0.15, 0.2) is 0 Å². The third-order valence-electron chi connectivity index (χ3n) is 6.82. The molecule has 4 heterocycles. The fourth-order valence-corrected chi connectivity index (χ4v) is 5.02. The van der Waals surface area contributed by atoms with Gasteiger partial charge in [-0.05, 0) is 49.2 Å². The first-order valence-corrected chi connectivity index (χ1v) is 11.5. The zero-order chi connectivity index (χ0) is 24.3. The molecule has 1 amide bonds. The number of hydrogen-bond acceptors (Lipinski definition) is 5. The molecule has 174 valence electrons. The number of aromatic nitrogens is 4. The van der Waals surface area contributed by atoms with Crippen LogP contribution in [0.25, 0.3) is 33.2 Å². The minimum atomic E-state index is -0.945. The number of nitrogens with one attached hydrogen (secondary N) is 1. The van der Waals surface area contributed by atoms with E-state index in [0.29, 0.717) is 34.5 Å². The van der Waals surface area contributed by atoms with Crippen LogP contribution in [0.4, 0.5) is 5.69 Å². The number of H-pyrrole nitrogens is 1. The molecule has 0 aliphatic carbocycles. The Morgan fingerprint density at radius 1 is 1.14 bits per heavy atom. The number of aromatic amines is 1. The van der Waals surface area contributed by atoms with Crippen molar-refractivity contribution >= 4 is 33.5 Å². The van der Waals surface area contributed by atoms with Crippen molar-refractivity contribution < 1.29 is 4.79 Å². The van der Waals surface area contributed by atoms with E-state index < -0.39 is 5.66 Å². The van der Waals surface area contributed by atoms with Crippen LogP contribution in [0.2, 0.25) is 0 Å². The van der Waals surface area contributed by atoms with Gasteiger partial charge in [0.05, 0.1) is 22.2 Å². The first-order valence-electron chi connectivity index (χ1n) is 11.5. The molecule has 0 fully saturated rings. The highest BCUT2D eigenvalue weighted by molar-refractivity contribution is 5.98. The standard InChI is InChI=1S/C27H24N6O2/c1-16(34)32-12-10-17-13-20-21(14-23(17)32)31-26(35)25(30-20)19-15-33(22-8-4-3-7-18(19)22)27(2,28)24-9-5-6-11-29-24/h3-9,11,13-15H,10,12,28H2,1-2H3,(H,31,35). The SMILES string of the molecule is CC(=O)N1CCc2cc3nc(-c4cn(C(C)(N)c5ccccn5)c5ccccc45)c(=O)[nH]c3cc21.